The molecular weight excluding hydrogens is 314 g/mol. The third kappa shape index (κ3) is 4.39. The van der Waals surface area contributed by atoms with Crippen LogP contribution in [0.5, 0.6) is 11.5 Å². The van der Waals surface area contributed by atoms with Crippen LogP contribution in [0.2, 0.25) is 0 Å². The number of anilines is 1. The van der Waals surface area contributed by atoms with E-state index in [1.165, 1.54) is 7.11 Å². The maximum Gasteiger partial charge on any atom is 0.233 e. The number of sulfonamides is 1. The highest BCUT2D eigenvalue weighted by atomic mass is 32.2. The van der Waals surface area contributed by atoms with E-state index < -0.39 is 10.0 Å². The van der Waals surface area contributed by atoms with Gasteiger partial charge in [0.25, 0.3) is 0 Å². The van der Waals surface area contributed by atoms with Crippen molar-refractivity contribution in [3.05, 3.63) is 53.6 Å². The molecule has 1 N–H and O–H groups in total. The highest BCUT2D eigenvalue weighted by molar-refractivity contribution is 7.92. The third-order valence-electron chi connectivity index (χ3n) is 3.55. The molecule has 2 aromatic rings. The summed E-state index contributed by atoms with van der Waals surface area (Å²) in [5.41, 5.74) is 2.15. The number of hydrogen-bond acceptors (Lipinski definition) is 4. The fourth-order valence-electron chi connectivity index (χ4n) is 2.35. The fourth-order valence-corrected chi connectivity index (χ4v) is 3.46. The minimum atomic E-state index is -3.47. The molecule has 0 fully saturated rings. The molecular formula is C17H21NO4S. The lowest BCUT2D eigenvalue weighted by Gasteiger charge is -2.16. The zero-order valence-corrected chi connectivity index (χ0v) is 14.3. The van der Waals surface area contributed by atoms with Crippen LogP contribution in [-0.4, -0.2) is 28.4 Å². The Morgan fingerprint density at radius 3 is 2.30 bits per heavy atom. The van der Waals surface area contributed by atoms with Crippen LogP contribution in [0.1, 0.15) is 11.1 Å². The number of aryl methyl sites for hydroxylation is 1. The van der Waals surface area contributed by atoms with Crippen molar-refractivity contribution in [2.24, 2.45) is 0 Å². The molecule has 0 radical (unpaired) electrons. The van der Waals surface area contributed by atoms with Crippen LogP contribution >= 0.6 is 0 Å². The van der Waals surface area contributed by atoms with Gasteiger partial charge in [-0.05, 0) is 31.0 Å². The predicted molar refractivity (Wildman–Crippen MR) is 91.8 cm³/mol. The zero-order chi connectivity index (χ0) is 16.9. The van der Waals surface area contributed by atoms with Gasteiger partial charge in [0, 0.05) is 5.56 Å². The van der Waals surface area contributed by atoms with E-state index in [9.17, 15) is 8.42 Å². The van der Waals surface area contributed by atoms with Gasteiger partial charge in [-0.1, -0.05) is 30.3 Å². The molecule has 0 saturated heterocycles. The largest absolute Gasteiger partial charge is 0.496 e. The molecule has 0 atom stereocenters. The molecule has 124 valence electrons. The van der Waals surface area contributed by atoms with E-state index in [1.807, 2.05) is 37.3 Å². The number of benzene rings is 2. The zero-order valence-electron chi connectivity index (χ0n) is 13.5. The van der Waals surface area contributed by atoms with Crippen LogP contribution in [0, 0.1) is 6.92 Å². The molecule has 0 aliphatic heterocycles. The van der Waals surface area contributed by atoms with E-state index in [4.69, 9.17) is 9.47 Å². The van der Waals surface area contributed by atoms with Gasteiger partial charge in [-0.15, -0.1) is 0 Å². The summed E-state index contributed by atoms with van der Waals surface area (Å²) in [7, 11) is -0.408. The predicted octanol–water partition coefficient (Wildman–Crippen LogP) is 3.00. The lowest BCUT2D eigenvalue weighted by Crippen LogP contribution is -2.19. The smallest absolute Gasteiger partial charge is 0.233 e. The van der Waals surface area contributed by atoms with E-state index in [0.29, 0.717) is 23.6 Å². The van der Waals surface area contributed by atoms with Gasteiger partial charge in [-0.25, -0.2) is 8.42 Å². The second-order valence-electron chi connectivity index (χ2n) is 5.13. The summed E-state index contributed by atoms with van der Waals surface area (Å²) >= 11 is 0. The first-order valence-electron chi connectivity index (χ1n) is 7.23. The summed E-state index contributed by atoms with van der Waals surface area (Å²) in [6.45, 7) is 1.82. The highest BCUT2D eigenvalue weighted by Crippen LogP contribution is 2.35. The monoisotopic (exact) mass is 335 g/mol. The summed E-state index contributed by atoms with van der Waals surface area (Å²) in [5, 5.41) is 0. The van der Waals surface area contributed by atoms with E-state index in [0.717, 1.165) is 11.1 Å². The minimum Gasteiger partial charge on any atom is -0.496 e. The van der Waals surface area contributed by atoms with Crippen molar-refractivity contribution in [3.63, 3.8) is 0 Å². The molecule has 0 heterocycles. The van der Waals surface area contributed by atoms with Gasteiger partial charge in [0.15, 0.2) is 0 Å². The van der Waals surface area contributed by atoms with Crippen LogP contribution in [0.25, 0.3) is 0 Å². The average molecular weight is 335 g/mol. The van der Waals surface area contributed by atoms with Crippen molar-refractivity contribution in [1.82, 2.24) is 0 Å². The van der Waals surface area contributed by atoms with Gasteiger partial charge in [0.2, 0.25) is 10.0 Å². The molecule has 0 aromatic heterocycles. The standard InChI is InChI=1S/C17H21NO4S/c1-13-16(21-2)10-9-15(17(13)22-3)18-23(19,20)12-11-14-7-5-4-6-8-14/h4-10,18H,11-12H2,1-3H3. The van der Waals surface area contributed by atoms with Gasteiger partial charge >= 0.3 is 0 Å². The number of nitrogens with one attached hydrogen (secondary N) is 1. The maximum atomic E-state index is 12.3. The van der Waals surface area contributed by atoms with Crippen molar-refractivity contribution >= 4 is 15.7 Å². The minimum absolute atomic E-state index is 0.00520. The van der Waals surface area contributed by atoms with Crippen LogP contribution < -0.4 is 14.2 Å². The van der Waals surface area contributed by atoms with Crippen molar-refractivity contribution in [1.29, 1.82) is 0 Å². The summed E-state index contributed by atoms with van der Waals surface area (Å²) in [4.78, 5) is 0. The second kappa shape index (κ2) is 7.37. The molecule has 0 aliphatic rings. The van der Waals surface area contributed by atoms with Gasteiger partial charge in [0.05, 0.1) is 25.7 Å². The van der Waals surface area contributed by atoms with Crippen molar-refractivity contribution in [3.8, 4) is 11.5 Å². The van der Waals surface area contributed by atoms with Crippen molar-refractivity contribution in [2.45, 2.75) is 13.3 Å². The molecule has 2 rings (SSSR count). The first-order chi connectivity index (χ1) is 11.0. The fraction of sp³-hybridized carbons (Fsp3) is 0.294. The highest BCUT2D eigenvalue weighted by Gasteiger charge is 2.17. The van der Waals surface area contributed by atoms with Gasteiger partial charge in [0.1, 0.15) is 11.5 Å². The SMILES string of the molecule is COc1ccc(NS(=O)(=O)CCc2ccccc2)c(OC)c1C. The number of hydrogen-bond donors (Lipinski definition) is 1. The number of methoxy groups -OCH3 is 2. The summed E-state index contributed by atoms with van der Waals surface area (Å²) in [6.07, 6.45) is 0.452. The number of rotatable bonds is 7. The molecule has 0 spiro atoms. The summed E-state index contributed by atoms with van der Waals surface area (Å²) < 4.78 is 37.8. The van der Waals surface area contributed by atoms with E-state index in [1.54, 1.807) is 19.2 Å². The van der Waals surface area contributed by atoms with Crippen LogP contribution in [-0.2, 0) is 16.4 Å². The average Bonchev–Trinajstić information content (AvgIpc) is 2.54. The van der Waals surface area contributed by atoms with Crippen molar-refractivity contribution < 1.29 is 17.9 Å². The number of ether oxygens (including phenoxy) is 2. The molecule has 0 amide bonds. The maximum absolute atomic E-state index is 12.3. The van der Waals surface area contributed by atoms with Crippen LogP contribution in [0.4, 0.5) is 5.69 Å². The Morgan fingerprint density at radius 1 is 1.00 bits per heavy atom. The lowest BCUT2D eigenvalue weighted by atomic mass is 10.2. The molecule has 5 nitrogen and oxygen atoms in total. The Bertz CT molecular complexity index is 758. The van der Waals surface area contributed by atoms with Gasteiger partial charge in [-0.3, -0.25) is 4.72 Å². The van der Waals surface area contributed by atoms with E-state index in [-0.39, 0.29) is 5.75 Å². The molecule has 0 aliphatic carbocycles. The van der Waals surface area contributed by atoms with Crippen molar-refractivity contribution in [2.75, 3.05) is 24.7 Å². The Morgan fingerprint density at radius 2 is 1.70 bits per heavy atom. The molecule has 2 aromatic carbocycles. The molecule has 0 unspecified atom stereocenters. The molecule has 23 heavy (non-hydrogen) atoms. The first kappa shape index (κ1) is 17.1. The Hall–Kier alpha value is -2.21. The van der Waals surface area contributed by atoms with E-state index >= 15 is 0 Å². The topological polar surface area (TPSA) is 64.6 Å². The summed E-state index contributed by atoms with van der Waals surface area (Å²) in [5.74, 6) is 1.12. The molecule has 0 bridgehead atoms. The van der Waals surface area contributed by atoms with E-state index in [2.05, 4.69) is 4.72 Å². The third-order valence-corrected chi connectivity index (χ3v) is 4.82. The second-order valence-corrected chi connectivity index (χ2v) is 6.97. The quantitative estimate of drug-likeness (QED) is 0.845. The molecule has 6 heteroatoms. The normalized spacial score (nSPS) is 11.1. The van der Waals surface area contributed by atoms with Crippen LogP contribution in [0.3, 0.4) is 0 Å². The Kier molecular flexibility index (Phi) is 5.50. The van der Waals surface area contributed by atoms with Gasteiger partial charge in [-0.2, -0.15) is 0 Å². The molecule has 0 saturated carbocycles. The lowest BCUT2D eigenvalue weighted by molar-refractivity contribution is 0.390. The Balaban J connectivity index is 2.15. The Labute approximate surface area is 137 Å². The summed E-state index contributed by atoms with van der Waals surface area (Å²) in [6, 6.07) is 12.9. The van der Waals surface area contributed by atoms with Gasteiger partial charge < -0.3 is 9.47 Å². The van der Waals surface area contributed by atoms with Crippen LogP contribution in [0.15, 0.2) is 42.5 Å². The first-order valence-corrected chi connectivity index (χ1v) is 8.88.